The predicted octanol–water partition coefficient (Wildman–Crippen LogP) is 1.99. The number of esters is 1. The quantitative estimate of drug-likeness (QED) is 0.582. The summed E-state index contributed by atoms with van der Waals surface area (Å²) in [4.78, 5) is 24.0. The second kappa shape index (κ2) is 4.90. The first kappa shape index (κ1) is 14.0. The Morgan fingerprint density at radius 1 is 1.40 bits per heavy atom. The number of aryl methyl sites for hydroxylation is 1. The van der Waals surface area contributed by atoms with E-state index in [1.807, 2.05) is 0 Å². The van der Waals surface area contributed by atoms with E-state index in [-0.39, 0.29) is 22.5 Å². The highest BCUT2D eigenvalue weighted by molar-refractivity contribution is 6.07. The molecule has 0 unspecified atom stereocenters. The molecule has 0 aliphatic carbocycles. The zero-order chi connectivity index (χ0) is 15.0. The van der Waals surface area contributed by atoms with E-state index in [2.05, 4.69) is 4.74 Å². The molecule has 0 amide bonds. The maximum atomic E-state index is 13.9. The zero-order valence-electron chi connectivity index (χ0n) is 11.1. The second-order valence-electron chi connectivity index (χ2n) is 4.31. The Kier molecular flexibility index (Phi) is 3.42. The minimum Gasteiger partial charge on any atom is -0.464 e. The number of allylic oxidation sites excluding steroid dienone is 2. The van der Waals surface area contributed by atoms with Crippen molar-refractivity contribution in [2.75, 3.05) is 19.1 Å². The lowest BCUT2D eigenvalue weighted by Gasteiger charge is -2.29. The average Bonchev–Trinajstić information content (AvgIpc) is 2.43. The summed E-state index contributed by atoms with van der Waals surface area (Å²) in [6.07, 6.45) is 1.13. The van der Waals surface area contributed by atoms with E-state index in [1.165, 1.54) is 25.0 Å². The molecule has 0 atom stereocenters. The molecule has 1 aliphatic heterocycles. The lowest BCUT2D eigenvalue weighted by atomic mass is 9.95. The highest BCUT2D eigenvalue weighted by Crippen LogP contribution is 2.39. The van der Waals surface area contributed by atoms with E-state index in [9.17, 15) is 18.4 Å². The Morgan fingerprint density at radius 3 is 2.60 bits per heavy atom. The van der Waals surface area contributed by atoms with Crippen molar-refractivity contribution in [2.24, 2.45) is 0 Å². The van der Waals surface area contributed by atoms with Crippen LogP contribution in [0.4, 0.5) is 14.5 Å². The van der Waals surface area contributed by atoms with Gasteiger partial charge in [0.1, 0.15) is 11.6 Å². The molecule has 6 heteroatoms. The predicted molar refractivity (Wildman–Crippen MR) is 68.7 cm³/mol. The van der Waals surface area contributed by atoms with E-state index < -0.39 is 17.6 Å². The fourth-order valence-electron chi connectivity index (χ4n) is 2.23. The largest absolute Gasteiger partial charge is 0.464 e. The highest BCUT2D eigenvalue weighted by Gasteiger charge is 2.31. The Balaban J connectivity index is 2.80. The number of carbonyl (C=O) groups is 1. The summed E-state index contributed by atoms with van der Waals surface area (Å²) in [6, 6.07) is 1.01. The van der Waals surface area contributed by atoms with E-state index in [4.69, 9.17) is 0 Å². The summed E-state index contributed by atoms with van der Waals surface area (Å²) in [6.45, 7) is 1.56. The number of fused-ring (bicyclic) bond motifs is 1. The van der Waals surface area contributed by atoms with Gasteiger partial charge in [-0.05, 0) is 24.6 Å². The highest BCUT2D eigenvalue weighted by atomic mass is 19.2. The molecular weight excluding hydrogens is 268 g/mol. The number of methoxy groups -OCH3 is 1. The van der Waals surface area contributed by atoms with Gasteiger partial charge in [-0.25, -0.2) is 18.4 Å². The van der Waals surface area contributed by atoms with E-state index >= 15 is 0 Å². The summed E-state index contributed by atoms with van der Waals surface area (Å²) >= 11 is 0. The molecule has 0 N–H and O–H groups in total. The van der Waals surface area contributed by atoms with Gasteiger partial charge >= 0.3 is 5.97 Å². The van der Waals surface area contributed by atoms with Crippen LogP contribution in [0.25, 0.3) is 5.57 Å². The Morgan fingerprint density at radius 2 is 2.05 bits per heavy atom. The van der Waals surface area contributed by atoms with Crippen LogP contribution in [0.15, 0.2) is 17.8 Å². The van der Waals surface area contributed by atoms with Crippen molar-refractivity contribution in [3.63, 3.8) is 0 Å². The van der Waals surface area contributed by atoms with Gasteiger partial charge in [-0.15, -0.1) is 0 Å². The smallest absolute Gasteiger partial charge is 0.354 e. The Hall–Kier alpha value is -2.46. The number of carbonyl (C=O) groups excluding carboxylic acids is 2. The second-order valence-corrected chi connectivity index (χ2v) is 4.31. The van der Waals surface area contributed by atoms with Crippen LogP contribution in [0, 0.1) is 18.6 Å². The molecule has 104 valence electrons. The van der Waals surface area contributed by atoms with Gasteiger partial charge in [0.25, 0.3) is 0 Å². The van der Waals surface area contributed by atoms with Crippen LogP contribution in [-0.2, 0) is 14.3 Å². The molecule has 0 aromatic heterocycles. The lowest BCUT2D eigenvalue weighted by molar-refractivity contribution is -0.136. The van der Waals surface area contributed by atoms with Gasteiger partial charge in [-0.1, -0.05) is 0 Å². The summed E-state index contributed by atoms with van der Waals surface area (Å²) in [5.41, 5.74) is 0.257. The molecule has 2 rings (SSSR count). The third-order valence-corrected chi connectivity index (χ3v) is 3.13. The molecule has 1 heterocycles. The number of rotatable bonds is 1. The van der Waals surface area contributed by atoms with Gasteiger partial charge < -0.3 is 9.64 Å². The number of hydrogen-bond acceptors (Lipinski definition) is 4. The van der Waals surface area contributed by atoms with Crippen LogP contribution in [0.1, 0.15) is 11.1 Å². The van der Waals surface area contributed by atoms with E-state index in [1.54, 1.807) is 6.92 Å². The molecule has 1 aromatic carbocycles. The number of hydrogen-bond donors (Lipinski definition) is 0. The maximum absolute atomic E-state index is 13.9. The molecule has 0 saturated heterocycles. The minimum absolute atomic E-state index is 0.0486. The molecule has 20 heavy (non-hydrogen) atoms. The Labute approximate surface area is 113 Å². The molecule has 0 bridgehead atoms. The number of halogens is 2. The monoisotopic (exact) mass is 279 g/mol. The SMILES string of the molecule is COC(=O)C1=CC(=C=O)c2c(F)c(F)cc(C)c2N1C. The summed E-state index contributed by atoms with van der Waals surface area (Å²) in [5, 5.41) is 0. The summed E-state index contributed by atoms with van der Waals surface area (Å²) < 4.78 is 32.0. The molecule has 4 nitrogen and oxygen atoms in total. The van der Waals surface area contributed by atoms with Crippen LogP contribution in [0.3, 0.4) is 0 Å². The van der Waals surface area contributed by atoms with Crippen molar-refractivity contribution in [3.05, 3.63) is 40.6 Å². The molecule has 1 aromatic rings. The van der Waals surface area contributed by atoms with Crippen molar-refractivity contribution in [1.82, 2.24) is 0 Å². The topological polar surface area (TPSA) is 46.6 Å². The first-order chi connectivity index (χ1) is 9.42. The van der Waals surface area contributed by atoms with Crippen LogP contribution < -0.4 is 4.90 Å². The maximum Gasteiger partial charge on any atom is 0.354 e. The minimum atomic E-state index is -1.14. The summed E-state index contributed by atoms with van der Waals surface area (Å²) in [5.74, 6) is -1.35. The van der Waals surface area contributed by atoms with Crippen molar-refractivity contribution in [2.45, 2.75) is 6.92 Å². The number of anilines is 1. The molecule has 0 spiro atoms. The normalized spacial score (nSPS) is 13.6. The van der Waals surface area contributed by atoms with Gasteiger partial charge in [0.15, 0.2) is 11.6 Å². The van der Waals surface area contributed by atoms with Crippen molar-refractivity contribution in [3.8, 4) is 0 Å². The lowest BCUT2D eigenvalue weighted by Crippen LogP contribution is -2.29. The Bertz CT molecular complexity index is 688. The van der Waals surface area contributed by atoms with Crippen molar-refractivity contribution in [1.29, 1.82) is 0 Å². The van der Waals surface area contributed by atoms with Crippen molar-refractivity contribution < 1.29 is 23.1 Å². The number of nitrogens with zero attached hydrogens (tertiary/aromatic N) is 1. The molecule has 1 aliphatic rings. The molecular formula is C14H11F2NO3. The third kappa shape index (κ3) is 1.90. The van der Waals surface area contributed by atoms with Crippen LogP contribution >= 0.6 is 0 Å². The fourth-order valence-corrected chi connectivity index (χ4v) is 2.23. The van der Waals surface area contributed by atoms with E-state index in [0.29, 0.717) is 5.56 Å². The van der Waals surface area contributed by atoms with Crippen LogP contribution in [0.5, 0.6) is 0 Å². The van der Waals surface area contributed by atoms with Crippen LogP contribution in [0.2, 0.25) is 0 Å². The first-order valence-electron chi connectivity index (χ1n) is 5.70. The van der Waals surface area contributed by atoms with Gasteiger partial charge in [0.05, 0.1) is 23.9 Å². The number of likely N-dealkylation sites (N-methyl/N-ethyl adjacent to an activating group) is 1. The van der Waals surface area contributed by atoms with E-state index in [0.717, 1.165) is 12.1 Å². The molecule has 0 saturated carbocycles. The molecule has 0 radical (unpaired) electrons. The van der Waals surface area contributed by atoms with Gasteiger partial charge in [0.2, 0.25) is 0 Å². The summed E-state index contributed by atoms with van der Waals surface area (Å²) in [7, 11) is 2.70. The standard InChI is InChI=1S/C14H11F2NO3/c1-7-4-9(15)12(16)11-8(6-18)5-10(14(19)20-3)17(2)13(7)11/h4-5H,1-3H3. The van der Waals surface area contributed by atoms with Gasteiger partial charge in [-0.3, -0.25) is 0 Å². The molecule has 0 fully saturated rings. The number of benzene rings is 1. The third-order valence-electron chi connectivity index (χ3n) is 3.13. The van der Waals surface area contributed by atoms with Gasteiger partial charge in [-0.2, -0.15) is 0 Å². The van der Waals surface area contributed by atoms with Crippen LogP contribution in [-0.4, -0.2) is 26.1 Å². The average molecular weight is 279 g/mol. The van der Waals surface area contributed by atoms with Gasteiger partial charge in [0, 0.05) is 7.05 Å². The first-order valence-corrected chi connectivity index (χ1v) is 5.70. The fraction of sp³-hybridized carbons (Fsp3) is 0.214. The van der Waals surface area contributed by atoms with Crippen molar-refractivity contribution >= 4 is 23.2 Å². The number of ether oxygens (including phenoxy) is 1. The zero-order valence-corrected chi connectivity index (χ0v) is 11.1.